The lowest BCUT2D eigenvalue weighted by Crippen LogP contribution is -2.13. The van der Waals surface area contributed by atoms with Crippen molar-refractivity contribution in [2.24, 2.45) is 0 Å². The zero-order valence-electron chi connectivity index (χ0n) is 8.51. The van der Waals surface area contributed by atoms with Crippen molar-refractivity contribution in [3.8, 4) is 11.5 Å². The van der Waals surface area contributed by atoms with E-state index in [1.807, 2.05) is 6.92 Å². The molecule has 0 aliphatic rings. The predicted molar refractivity (Wildman–Crippen MR) is 55.1 cm³/mol. The zero-order valence-corrected chi connectivity index (χ0v) is 8.51. The first-order valence-corrected chi connectivity index (χ1v) is 4.75. The first-order chi connectivity index (χ1) is 7.08. The van der Waals surface area contributed by atoms with E-state index in [0.29, 0.717) is 12.2 Å². The second-order valence-corrected chi connectivity index (χ2v) is 3.35. The summed E-state index contributed by atoms with van der Waals surface area (Å²) in [7, 11) is 0. The monoisotopic (exact) mass is 210 g/mol. The van der Waals surface area contributed by atoms with Gasteiger partial charge in [-0.1, -0.05) is 0 Å². The van der Waals surface area contributed by atoms with Crippen molar-refractivity contribution in [2.75, 3.05) is 0 Å². The van der Waals surface area contributed by atoms with Gasteiger partial charge in [0.1, 0.15) is 11.5 Å². The number of aliphatic carboxylic acids is 1. The van der Waals surface area contributed by atoms with Gasteiger partial charge in [0.15, 0.2) is 0 Å². The minimum atomic E-state index is -0.823. The highest BCUT2D eigenvalue weighted by molar-refractivity contribution is 5.66. The van der Waals surface area contributed by atoms with Crippen LogP contribution < -0.4 is 4.74 Å². The van der Waals surface area contributed by atoms with Gasteiger partial charge in [-0.2, -0.15) is 0 Å². The first kappa shape index (κ1) is 11.4. The molecule has 1 rings (SSSR count). The summed E-state index contributed by atoms with van der Waals surface area (Å²) in [6.07, 6.45) is 0.417. The molecule has 15 heavy (non-hydrogen) atoms. The van der Waals surface area contributed by atoms with E-state index in [-0.39, 0.29) is 18.3 Å². The van der Waals surface area contributed by atoms with Crippen LogP contribution in [-0.2, 0) is 4.79 Å². The molecule has 1 unspecified atom stereocenters. The molecule has 0 aliphatic heterocycles. The van der Waals surface area contributed by atoms with Gasteiger partial charge in [0.05, 0.1) is 6.10 Å². The van der Waals surface area contributed by atoms with Crippen LogP contribution in [0.1, 0.15) is 19.8 Å². The Kier molecular flexibility index (Phi) is 3.97. The number of hydrogen-bond acceptors (Lipinski definition) is 3. The Balaban J connectivity index is 2.40. The van der Waals surface area contributed by atoms with Gasteiger partial charge in [0, 0.05) is 6.42 Å². The average Bonchev–Trinajstić information content (AvgIpc) is 2.19. The lowest BCUT2D eigenvalue weighted by molar-refractivity contribution is -0.137. The molecule has 1 aromatic carbocycles. The van der Waals surface area contributed by atoms with Crippen LogP contribution in [0.25, 0.3) is 0 Å². The highest BCUT2D eigenvalue weighted by Gasteiger charge is 2.06. The molecule has 4 heteroatoms. The number of ether oxygens (including phenoxy) is 1. The maximum absolute atomic E-state index is 10.3. The van der Waals surface area contributed by atoms with Gasteiger partial charge in [-0.25, -0.2) is 0 Å². The fraction of sp³-hybridized carbons (Fsp3) is 0.364. The van der Waals surface area contributed by atoms with Crippen LogP contribution in [0, 0.1) is 0 Å². The van der Waals surface area contributed by atoms with Crippen LogP contribution >= 0.6 is 0 Å². The van der Waals surface area contributed by atoms with Crippen LogP contribution in [-0.4, -0.2) is 22.3 Å². The maximum atomic E-state index is 10.3. The summed E-state index contributed by atoms with van der Waals surface area (Å²) in [4.78, 5) is 10.3. The van der Waals surface area contributed by atoms with E-state index in [2.05, 4.69) is 0 Å². The van der Waals surface area contributed by atoms with Gasteiger partial charge in [-0.3, -0.25) is 4.79 Å². The molecule has 82 valence electrons. The van der Waals surface area contributed by atoms with Crippen LogP contribution in [0.4, 0.5) is 0 Å². The molecule has 2 N–H and O–H groups in total. The smallest absolute Gasteiger partial charge is 0.303 e. The van der Waals surface area contributed by atoms with Crippen LogP contribution in [0.15, 0.2) is 24.3 Å². The summed E-state index contributed by atoms with van der Waals surface area (Å²) in [6, 6.07) is 6.34. The van der Waals surface area contributed by atoms with Crippen molar-refractivity contribution in [2.45, 2.75) is 25.9 Å². The molecule has 0 spiro atoms. The summed E-state index contributed by atoms with van der Waals surface area (Å²) >= 11 is 0. The second-order valence-electron chi connectivity index (χ2n) is 3.35. The number of phenolic OH excluding ortho intramolecular Hbond substituents is 1. The van der Waals surface area contributed by atoms with Gasteiger partial charge >= 0.3 is 5.97 Å². The molecule has 0 radical (unpaired) electrons. The normalized spacial score (nSPS) is 12.1. The summed E-state index contributed by atoms with van der Waals surface area (Å²) in [5.41, 5.74) is 0. The zero-order chi connectivity index (χ0) is 11.3. The molecular formula is C11H14O4. The summed E-state index contributed by atoms with van der Waals surface area (Å²) in [6.45, 7) is 1.82. The molecule has 1 aromatic rings. The number of carboxylic acid groups (broad SMARTS) is 1. The quantitative estimate of drug-likeness (QED) is 0.780. The lowest BCUT2D eigenvalue weighted by Gasteiger charge is -2.13. The molecule has 0 saturated heterocycles. The average molecular weight is 210 g/mol. The number of benzene rings is 1. The molecule has 0 heterocycles. The molecule has 0 bridgehead atoms. The SMILES string of the molecule is CC(CCC(=O)O)Oc1ccc(O)cc1. The Morgan fingerprint density at radius 3 is 2.53 bits per heavy atom. The molecule has 4 nitrogen and oxygen atoms in total. The summed E-state index contributed by atoms with van der Waals surface area (Å²) in [5.74, 6) is -0.0117. The Morgan fingerprint density at radius 1 is 1.40 bits per heavy atom. The largest absolute Gasteiger partial charge is 0.508 e. The number of rotatable bonds is 5. The summed E-state index contributed by atoms with van der Waals surface area (Å²) < 4.78 is 5.45. The topological polar surface area (TPSA) is 66.8 Å². The summed E-state index contributed by atoms with van der Waals surface area (Å²) in [5, 5.41) is 17.5. The molecule has 0 saturated carbocycles. The van der Waals surface area contributed by atoms with E-state index in [4.69, 9.17) is 14.9 Å². The fourth-order valence-corrected chi connectivity index (χ4v) is 1.14. The molecule has 1 atom stereocenters. The van der Waals surface area contributed by atoms with Crippen molar-refractivity contribution in [3.05, 3.63) is 24.3 Å². The van der Waals surface area contributed by atoms with Crippen LogP contribution in [0.2, 0.25) is 0 Å². The number of hydrogen-bond donors (Lipinski definition) is 2. The Labute approximate surface area is 88.1 Å². The highest BCUT2D eigenvalue weighted by Crippen LogP contribution is 2.18. The Morgan fingerprint density at radius 2 is 2.00 bits per heavy atom. The lowest BCUT2D eigenvalue weighted by atomic mass is 10.2. The molecule has 0 fully saturated rings. The molecular weight excluding hydrogens is 196 g/mol. The number of carbonyl (C=O) groups is 1. The van der Waals surface area contributed by atoms with Crippen molar-refractivity contribution >= 4 is 5.97 Å². The molecule has 0 aromatic heterocycles. The van der Waals surface area contributed by atoms with Gasteiger partial charge in [-0.15, -0.1) is 0 Å². The highest BCUT2D eigenvalue weighted by atomic mass is 16.5. The number of carboxylic acids is 1. The minimum absolute atomic E-state index is 0.0965. The van der Waals surface area contributed by atoms with Crippen molar-refractivity contribution < 1.29 is 19.7 Å². The van der Waals surface area contributed by atoms with E-state index < -0.39 is 5.97 Å². The van der Waals surface area contributed by atoms with Crippen molar-refractivity contribution in [1.82, 2.24) is 0 Å². The number of phenols is 1. The Hall–Kier alpha value is -1.71. The first-order valence-electron chi connectivity index (χ1n) is 4.75. The van der Waals surface area contributed by atoms with Crippen molar-refractivity contribution in [3.63, 3.8) is 0 Å². The number of aromatic hydroxyl groups is 1. The standard InChI is InChI=1S/C11H14O4/c1-8(2-7-11(13)14)15-10-5-3-9(12)4-6-10/h3-6,8,12H,2,7H2,1H3,(H,13,14). The second kappa shape index (κ2) is 5.24. The fourth-order valence-electron chi connectivity index (χ4n) is 1.14. The van der Waals surface area contributed by atoms with Gasteiger partial charge in [0.25, 0.3) is 0 Å². The van der Waals surface area contributed by atoms with Crippen LogP contribution in [0.5, 0.6) is 11.5 Å². The third kappa shape index (κ3) is 4.35. The third-order valence-electron chi connectivity index (χ3n) is 1.94. The van der Waals surface area contributed by atoms with E-state index in [9.17, 15) is 4.79 Å². The van der Waals surface area contributed by atoms with Crippen molar-refractivity contribution in [1.29, 1.82) is 0 Å². The third-order valence-corrected chi connectivity index (χ3v) is 1.94. The molecule has 0 aliphatic carbocycles. The van der Waals surface area contributed by atoms with E-state index >= 15 is 0 Å². The van der Waals surface area contributed by atoms with Gasteiger partial charge in [-0.05, 0) is 37.6 Å². The van der Waals surface area contributed by atoms with Crippen LogP contribution in [0.3, 0.4) is 0 Å². The van der Waals surface area contributed by atoms with Gasteiger partial charge in [0.2, 0.25) is 0 Å². The van der Waals surface area contributed by atoms with E-state index in [1.54, 1.807) is 12.1 Å². The van der Waals surface area contributed by atoms with E-state index in [1.165, 1.54) is 12.1 Å². The Bertz CT molecular complexity index is 318. The van der Waals surface area contributed by atoms with E-state index in [0.717, 1.165) is 0 Å². The molecule has 0 amide bonds. The maximum Gasteiger partial charge on any atom is 0.303 e. The predicted octanol–water partition coefficient (Wildman–Crippen LogP) is 2.02. The van der Waals surface area contributed by atoms with Gasteiger partial charge < -0.3 is 14.9 Å². The minimum Gasteiger partial charge on any atom is -0.508 e.